The van der Waals surface area contributed by atoms with Gasteiger partial charge in [0.2, 0.25) is 5.91 Å². The molecule has 1 rings (SSSR count). The highest BCUT2D eigenvalue weighted by Gasteiger charge is 2.03. The molecule has 1 fully saturated rings. The van der Waals surface area contributed by atoms with Gasteiger partial charge in [-0.1, -0.05) is 26.3 Å². The van der Waals surface area contributed by atoms with Crippen LogP contribution in [0.4, 0.5) is 0 Å². The molecule has 0 saturated carbocycles. The molecule has 4 heteroatoms. The largest absolute Gasteiger partial charge is 0.463 e. The normalized spacial score (nSPS) is 14.8. The molecule has 1 N–H and O–H groups in total. The van der Waals surface area contributed by atoms with Crippen LogP contribution in [0.1, 0.15) is 45.4 Å². The van der Waals surface area contributed by atoms with Gasteiger partial charge in [-0.15, -0.1) is 0 Å². The average Bonchev–Trinajstić information content (AvgIpc) is 2.58. The zero-order valence-electron chi connectivity index (χ0n) is 10.7. The van der Waals surface area contributed by atoms with Crippen molar-refractivity contribution in [1.29, 1.82) is 0 Å². The second kappa shape index (κ2) is 11.2. The summed E-state index contributed by atoms with van der Waals surface area (Å²) in [6, 6.07) is 0. The summed E-state index contributed by atoms with van der Waals surface area (Å²) >= 11 is 0. The number of unbranched alkanes of at least 4 members (excludes halogenated alkanes) is 1. The Labute approximate surface area is 103 Å². The van der Waals surface area contributed by atoms with E-state index in [1.807, 2.05) is 6.92 Å². The number of amides is 1. The Bertz CT molecular complexity index is 229. The van der Waals surface area contributed by atoms with Crippen LogP contribution in [0.25, 0.3) is 0 Å². The van der Waals surface area contributed by atoms with Gasteiger partial charge in [0.15, 0.2) is 0 Å². The third-order valence-electron chi connectivity index (χ3n) is 2.31. The summed E-state index contributed by atoms with van der Waals surface area (Å²) in [4.78, 5) is 20.9. The van der Waals surface area contributed by atoms with Crippen LogP contribution in [0.3, 0.4) is 0 Å². The Morgan fingerprint density at radius 1 is 1.47 bits per heavy atom. The van der Waals surface area contributed by atoms with Gasteiger partial charge in [0, 0.05) is 19.0 Å². The highest BCUT2D eigenvalue weighted by atomic mass is 16.5. The second-order valence-electron chi connectivity index (χ2n) is 3.89. The summed E-state index contributed by atoms with van der Waals surface area (Å²) in [7, 11) is 0. The van der Waals surface area contributed by atoms with Crippen LogP contribution in [-0.4, -0.2) is 25.0 Å². The van der Waals surface area contributed by atoms with E-state index in [0.717, 1.165) is 38.6 Å². The first-order valence-electron chi connectivity index (χ1n) is 6.26. The first kappa shape index (κ1) is 15.7. The molecular weight excluding hydrogens is 218 g/mol. The maximum Gasteiger partial charge on any atom is 0.330 e. The zero-order chi connectivity index (χ0) is 12.9. The maximum atomic E-state index is 10.6. The van der Waals surface area contributed by atoms with Gasteiger partial charge in [-0.3, -0.25) is 4.79 Å². The van der Waals surface area contributed by atoms with E-state index in [-0.39, 0.29) is 11.9 Å². The van der Waals surface area contributed by atoms with Gasteiger partial charge in [0.25, 0.3) is 0 Å². The average molecular weight is 241 g/mol. The van der Waals surface area contributed by atoms with Crippen molar-refractivity contribution in [3.8, 4) is 0 Å². The fraction of sp³-hybridized carbons (Fsp3) is 0.692. The van der Waals surface area contributed by atoms with E-state index in [1.54, 1.807) is 0 Å². The minimum Gasteiger partial charge on any atom is -0.463 e. The van der Waals surface area contributed by atoms with E-state index in [4.69, 9.17) is 0 Å². The van der Waals surface area contributed by atoms with E-state index in [1.165, 1.54) is 12.5 Å². The van der Waals surface area contributed by atoms with Crippen molar-refractivity contribution in [2.24, 2.45) is 0 Å². The van der Waals surface area contributed by atoms with Gasteiger partial charge in [-0.05, 0) is 19.3 Å². The molecule has 1 saturated heterocycles. The summed E-state index contributed by atoms with van der Waals surface area (Å²) in [5.74, 6) is -0.106. The third kappa shape index (κ3) is 11.0. The highest BCUT2D eigenvalue weighted by molar-refractivity contribution is 5.81. The molecule has 0 aromatic heterocycles. The number of carbonyl (C=O) groups is 2. The molecule has 4 nitrogen and oxygen atoms in total. The molecule has 1 aliphatic heterocycles. The summed E-state index contributed by atoms with van der Waals surface area (Å²) in [5.41, 5.74) is 0. The number of rotatable bonds is 4. The van der Waals surface area contributed by atoms with Crippen molar-refractivity contribution in [2.45, 2.75) is 45.4 Å². The van der Waals surface area contributed by atoms with Gasteiger partial charge in [0.1, 0.15) is 0 Å². The Kier molecular flexibility index (Phi) is 10.3. The predicted molar refractivity (Wildman–Crippen MR) is 67.5 cm³/mol. The number of esters is 1. The van der Waals surface area contributed by atoms with Crippen LogP contribution in [0, 0.1) is 0 Å². The molecule has 98 valence electrons. The standard InChI is InChI=1S/C7H12O2.C6H11NO/c1-3-5-6-9-7(8)4-2;8-6-4-2-1-3-5-7-6/h4H,2-3,5-6H2,1H3;1-5H2,(H,7,8). The highest BCUT2D eigenvalue weighted by Crippen LogP contribution is 2.02. The molecule has 1 amide bonds. The monoisotopic (exact) mass is 241 g/mol. The van der Waals surface area contributed by atoms with E-state index in [2.05, 4.69) is 16.6 Å². The lowest BCUT2D eigenvalue weighted by atomic mass is 10.2. The molecule has 0 aromatic carbocycles. The summed E-state index contributed by atoms with van der Waals surface area (Å²) < 4.78 is 4.67. The quantitative estimate of drug-likeness (QED) is 0.466. The molecule has 17 heavy (non-hydrogen) atoms. The molecule has 0 unspecified atom stereocenters. The van der Waals surface area contributed by atoms with E-state index in [9.17, 15) is 9.59 Å². The van der Waals surface area contributed by atoms with Gasteiger partial charge in [-0.2, -0.15) is 0 Å². The number of ether oxygens (including phenoxy) is 1. The van der Waals surface area contributed by atoms with Crippen LogP contribution in [0.5, 0.6) is 0 Å². The lowest BCUT2D eigenvalue weighted by Crippen LogP contribution is -2.21. The van der Waals surface area contributed by atoms with Gasteiger partial charge in [0.05, 0.1) is 6.61 Å². The molecule has 0 bridgehead atoms. The van der Waals surface area contributed by atoms with E-state index < -0.39 is 0 Å². The fourth-order valence-corrected chi connectivity index (χ4v) is 1.28. The van der Waals surface area contributed by atoms with Crippen molar-refractivity contribution in [3.63, 3.8) is 0 Å². The molecule has 0 aliphatic carbocycles. The lowest BCUT2D eigenvalue weighted by molar-refractivity contribution is -0.137. The molecular formula is C13H23NO3. The smallest absolute Gasteiger partial charge is 0.330 e. The van der Waals surface area contributed by atoms with Crippen molar-refractivity contribution in [2.75, 3.05) is 13.2 Å². The predicted octanol–water partition coefficient (Wildman–Crippen LogP) is 2.19. The van der Waals surface area contributed by atoms with Gasteiger partial charge >= 0.3 is 5.97 Å². The van der Waals surface area contributed by atoms with Crippen LogP contribution >= 0.6 is 0 Å². The van der Waals surface area contributed by atoms with Crippen LogP contribution in [0.15, 0.2) is 12.7 Å². The number of hydrogen-bond acceptors (Lipinski definition) is 3. The first-order chi connectivity index (χ1) is 8.20. The Morgan fingerprint density at radius 3 is 2.88 bits per heavy atom. The molecule has 1 aliphatic rings. The van der Waals surface area contributed by atoms with E-state index in [0.29, 0.717) is 6.61 Å². The van der Waals surface area contributed by atoms with Crippen molar-refractivity contribution >= 4 is 11.9 Å². The molecule has 1 heterocycles. The Balaban J connectivity index is 0.000000302. The van der Waals surface area contributed by atoms with Crippen molar-refractivity contribution < 1.29 is 14.3 Å². The fourth-order valence-electron chi connectivity index (χ4n) is 1.28. The van der Waals surface area contributed by atoms with E-state index >= 15 is 0 Å². The molecule has 0 aromatic rings. The molecule has 0 radical (unpaired) electrons. The topological polar surface area (TPSA) is 55.4 Å². The van der Waals surface area contributed by atoms with Crippen LogP contribution in [-0.2, 0) is 14.3 Å². The number of hydrogen-bond donors (Lipinski definition) is 1. The summed E-state index contributed by atoms with van der Waals surface area (Å²) in [6.45, 7) is 6.71. The zero-order valence-corrected chi connectivity index (χ0v) is 10.7. The maximum absolute atomic E-state index is 10.6. The Hall–Kier alpha value is -1.32. The second-order valence-corrected chi connectivity index (χ2v) is 3.89. The number of carbonyl (C=O) groups excluding carboxylic acids is 2. The minimum absolute atomic E-state index is 0.225. The van der Waals surface area contributed by atoms with Crippen LogP contribution in [0.2, 0.25) is 0 Å². The molecule has 0 spiro atoms. The summed E-state index contributed by atoms with van der Waals surface area (Å²) in [5, 5.41) is 2.81. The lowest BCUT2D eigenvalue weighted by Gasteiger charge is -1.97. The first-order valence-corrected chi connectivity index (χ1v) is 6.26. The summed E-state index contributed by atoms with van der Waals surface area (Å²) in [6.07, 6.45) is 7.33. The van der Waals surface area contributed by atoms with Gasteiger partial charge < -0.3 is 10.1 Å². The SMILES string of the molecule is C=CC(=O)OCCCC.O=C1CCCCCN1. The Morgan fingerprint density at radius 2 is 2.24 bits per heavy atom. The third-order valence-corrected chi connectivity index (χ3v) is 2.31. The van der Waals surface area contributed by atoms with Crippen LogP contribution < -0.4 is 5.32 Å². The molecule has 0 atom stereocenters. The minimum atomic E-state index is -0.330. The number of nitrogens with one attached hydrogen (secondary N) is 1. The van der Waals surface area contributed by atoms with Crippen molar-refractivity contribution in [1.82, 2.24) is 5.32 Å². The van der Waals surface area contributed by atoms with Crippen molar-refractivity contribution in [3.05, 3.63) is 12.7 Å². The van der Waals surface area contributed by atoms with Gasteiger partial charge in [-0.25, -0.2) is 4.79 Å².